The molecule has 0 saturated carbocycles. The van der Waals surface area contributed by atoms with E-state index in [0.29, 0.717) is 16.5 Å². The molecule has 0 radical (unpaired) electrons. The van der Waals surface area contributed by atoms with Crippen LogP contribution in [-0.2, 0) is 0 Å². The van der Waals surface area contributed by atoms with Crippen LogP contribution in [0.3, 0.4) is 0 Å². The van der Waals surface area contributed by atoms with Crippen molar-refractivity contribution in [1.82, 2.24) is 5.16 Å². The Hall–Kier alpha value is -1.99. The van der Waals surface area contributed by atoms with Gasteiger partial charge in [-0.3, -0.25) is 9.11 Å². The number of rotatable bonds is 5. The number of aryl methyl sites for hydroxylation is 2. The minimum absolute atomic E-state index is 0.0294. The highest BCUT2D eigenvalue weighted by molar-refractivity contribution is 8.24. The van der Waals surface area contributed by atoms with Crippen LogP contribution < -0.4 is 5.32 Å². The Bertz CT molecular complexity index is 878. The van der Waals surface area contributed by atoms with Crippen molar-refractivity contribution >= 4 is 28.0 Å². The van der Waals surface area contributed by atoms with E-state index in [2.05, 4.69) is 10.5 Å². The predicted octanol–water partition coefficient (Wildman–Crippen LogP) is 5.79. The van der Waals surface area contributed by atoms with Crippen molar-refractivity contribution in [3.63, 3.8) is 0 Å². The average molecular weight is 379 g/mol. The molecule has 0 unspecified atom stereocenters. The first-order chi connectivity index (χ1) is 11.8. The summed E-state index contributed by atoms with van der Waals surface area (Å²) in [5.41, 5.74) is 3.01. The molecule has 2 aromatic carbocycles. The Morgan fingerprint density at radius 3 is 2.32 bits per heavy atom. The van der Waals surface area contributed by atoms with E-state index in [0.717, 1.165) is 21.7 Å². The number of hydrogen-bond donors (Lipinski definition) is 3. The topological polar surface area (TPSA) is 78.5 Å². The molecule has 132 valence electrons. The van der Waals surface area contributed by atoms with E-state index < -0.39 is 10.6 Å². The maximum atomic E-state index is 10.4. The number of nitrogens with one attached hydrogen (secondary N) is 1. The second-order valence-electron chi connectivity index (χ2n) is 5.80. The van der Waals surface area contributed by atoms with E-state index in [9.17, 15) is 9.11 Å². The van der Waals surface area contributed by atoms with Crippen molar-refractivity contribution in [3.8, 4) is 11.1 Å². The van der Waals surface area contributed by atoms with Gasteiger partial charge in [-0.2, -0.15) is 10.6 Å². The highest BCUT2D eigenvalue weighted by Gasteiger charge is 2.16. The average Bonchev–Trinajstić information content (AvgIpc) is 3.01. The van der Waals surface area contributed by atoms with E-state index in [1.807, 2.05) is 37.3 Å². The monoisotopic (exact) mass is 378 g/mol. The quantitative estimate of drug-likeness (QED) is 0.523. The zero-order valence-corrected chi connectivity index (χ0v) is 15.4. The molecular weight excluding hydrogens is 360 g/mol. The Kier molecular flexibility index (Phi) is 5.06. The maximum Gasteiger partial charge on any atom is 0.170 e. The molecule has 0 bridgehead atoms. The van der Waals surface area contributed by atoms with E-state index >= 15 is 0 Å². The van der Waals surface area contributed by atoms with Crippen LogP contribution in [0.1, 0.15) is 11.3 Å². The first-order valence-corrected chi connectivity index (χ1v) is 9.74. The standard InChI is InChI=1S/C18H19ClN2O3S/c1-12-9-15(5-8-17(12)19)14-3-6-16(7-4-14)25(22,23)11-20-18-10-13(2)24-21-18/h3-10,22-23H,11H2,1-2H3,(H,20,21). The van der Waals surface area contributed by atoms with Crippen LogP contribution in [0, 0.1) is 13.8 Å². The third-order valence-corrected chi connectivity index (χ3v) is 5.80. The molecule has 0 aliphatic carbocycles. The molecule has 0 fully saturated rings. The first kappa shape index (κ1) is 17.8. The summed E-state index contributed by atoms with van der Waals surface area (Å²) in [6, 6.07) is 14.7. The summed E-state index contributed by atoms with van der Waals surface area (Å²) < 4.78 is 25.7. The van der Waals surface area contributed by atoms with Crippen LogP contribution >= 0.6 is 22.2 Å². The molecule has 1 aromatic heterocycles. The maximum absolute atomic E-state index is 10.4. The normalized spacial score (nSPS) is 12.2. The number of nitrogens with zero attached hydrogens (tertiary/aromatic N) is 1. The molecule has 3 rings (SSSR count). The fraction of sp³-hybridized carbons (Fsp3) is 0.167. The molecule has 0 atom stereocenters. The van der Waals surface area contributed by atoms with Crippen LogP contribution in [0.4, 0.5) is 5.82 Å². The summed E-state index contributed by atoms with van der Waals surface area (Å²) in [5, 5.41) is 7.38. The molecule has 5 nitrogen and oxygen atoms in total. The number of halogens is 1. The van der Waals surface area contributed by atoms with Gasteiger partial charge in [0, 0.05) is 11.1 Å². The van der Waals surface area contributed by atoms with Gasteiger partial charge in [0.15, 0.2) is 5.82 Å². The minimum Gasteiger partial charge on any atom is -0.360 e. The lowest BCUT2D eigenvalue weighted by Gasteiger charge is -2.32. The van der Waals surface area contributed by atoms with E-state index in [1.54, 1.807) is 25.1 Å². The highest BCUT2D eigenvalue weighted by Crippen LogP contribution is 2.47. The van der Waals surface area contributed by atoms with Gasteiger partial charge in [0.05, 0.1) is 4.90 Å². The van der Waals surface area contributed by atoms with Gasteiger partial charge in [-0.05, 0) is 54.8 Å². The summed E-state index contributed by atoms with van der Waals surface area (Å²) in [5.74, 6) is 1.10. The second-order valence-corrected chi connectivity index (χ2v) is 8.30. The first-order valence-electron chi connectivity index (χ1n) is 7.65. The van der Waals surface area contributed by atoms with Crippen LogP contribution in [0.2, 0.25) is 5.02 Å². The third-order valence-electron chi connectivity index (χ3n) is 3.81. The highest BCUT2D eigenvalue weighted by atomic mass is 35.5. The predicted molar refractivity (Wildman–Crippen MR) is 102 cm³/mol. The summed E-state index contributed by atoms with van der Waals surface area (Å²) in [4.78, 5) is 0.467. The lowest BCUT2D eigenvalue weighted by Crippen LogP contribution is -2.12. The molecular formula is C18H19ClN2O3S. The molecule has 0 saturated heterocycles. The molecule has 0 aliphatic rings. The van der Waals surface area contributed by atoms with Gasteiger partial charge in [-0.1, -0.05) is 35.0 Å². The fourth-order valence-corrected chi connectivity index (χ4v) is 3.60. The third kappa shape index (κ3) is 4.16. The Balaban J connectivity index is 1.74. The van der Waals surface area contributed by atoms with E-state index in [1.165, 1.54) is 0 Å². The van der Waals surface area contributed by atoms with Crippen LogP contribution in [-0.4, -0.2) is 20.1 Å². The summed E-state index contributed by atoms with van der Waals surface area (Å²) in [6.07, 6.45) is 0. The molecule has 0 amide bonds. The molecule has 1 heterocycles. The van der Waals surface area contributed by atoms with Crippen molar-refractivity contribution in [3.05, 3.63) is 64.9 Å². The van der Waals surface area contributed by atoms with E-state index in [-0.39, 0.29) is 5.88 Å². The van der Waals surface area contributed by atoms with Crippen LogP contribution in [0.25, 0.3) is 11.1 Å². The number of hydrogen-bond acceptors (Lipinski definition) is 5. The number of benzene rings is 2. The van der Waals surface area contributed by atoms with Gasteiger partial charge in [0.2, 0.25) is 0 Å². The smallest absolute Gasteiger partial charge is 0.170 e. The van der Waals surface area contributed by atoms with Crippen molar-refractivity contribution < 1.29 is 13.6 Å². The van der Waals surface area contributed by atoms with Crippen molar-refractivity contribution in [2.75, 3.05) is 11.2 Å². The van der Waals surface area contributed by atoms with Gasteiger partial charge >= 0.3 is 0 Å². The molecule has 3 aromatic rings. The van der Waals surface area contributed by atoms with Crippen LogP contribution in [0.15, 0.2) is 57.9 Å². The zero-order chi connectivity index (χ0) is 18.0. The van der Waals surface area contributed by atoms with Gasteiger partial charge in [0.25, 0.3) is 0 Å². The van der Waals surface area contributed by atoms with Crippen molar-refractivity contribution in [2.45, 2.75) is 18.7 Å². The Morgan fingerprint density at radius 1 is 1.04 bits per heavy atom. The van der Waals surface area contributed by atoms with Crippen molar-refractivity contribution in [2.24, 2.45) is 0 Å². The Labute approximate surface area is 153 Å². The van der Waals surface area contributed by atoms with Crippen molar-refractivity contribution in [1.29, 1.82) is 0 Å². The molecule has 0 spiro atoms. The largest absolute Gasteiger partial charge is 0.360 e. The second kappa shape index (κ2) is 7.09. The van der Waals surface area contributed by atoms with Crippen LogP contribution in [0.5, 0.6) is 0 Å². The SMILES string of the molecule is Cc1cc(NCS(O)(O)c2ccc(-c3ccc(Cl)c(C)c3)cc2)no1. The van der Waals surface area contributed by atoms with Gasteiger partial charge in [-0.15, -0.1) is 0 Å². The molecule has 0 aliphatic heterocycles. The lowest BCUT2D eigenvalue weighted by atomic mass is 10.0. The molecule has 3 N–H and O–H groups in total. The summed E-state index contributed by atoms with van der Waals surface area (Å²) >= 11 is 6.06. The fourth-order valence-electron chi connectivity index (χ4n) is 2.40. The minimum atomic E-state index is -2.98. The summed E-state index contributed by atoms with van der Waals surface area (Å²) in [6.45, 7) is 3.72. The number of aromatic nitrogens is 1. The number of anilines is 1. The van der Waals surface area contributed by atoms with Gasteiger partial charge < -0.3 is 9.84 Å². The molecule has 25 heavy (non-hydrogen) atoms. The molecule has 7 heteroatoms. The van der Waals surface area contributed by atoms with E-state index in [4.69, 9.17) is 16.1 Å². The lowest BCUT2D eigenvalue weighted by molar-refractivity contribution is 0.400. The summed E-state index contributed by atoms with van der Waals surface area (Å²) in [7, 11) is -2.98. The van der Waals surface area contributed by atoms with Gasteiger partial charge in [-0.25, -0.2) is 0 Å². The Morgan fingerprint density at radius 2 is 1.72 bits per heavy atom. The van der Waals surface area contributed by atoms with Gasteiger partial charge in [0.1, 0.15) is 11.6 Å². The zero-order valence-electron chi connectivity index (χ0n) is 13.9.